The molecule has 0 aromatic heterocycles. The lowest BCUT2D eigenvalue weighted by molar-refractivity contribution is 0.0374. The number of ether oxygens (including phenoxy) is 2. The summed E-state index contributed by atoms with van der Waals surface area (Å²) in [5.41, 5.74) is 1.00. The molecular weight excluding hydrogens is 269 g/mol. The van der Waals surface area contributed by atoms with Gasteiger partial charge in [-0.2, -0.15) is 0 Å². The first-order valence-electron chi connectivity index (χ1n) is 8.02. The second-order valence-electron chi connectivity index (χ2n) is 6.06. The minimum atomic E-state index is -0.171. The molecule has 116 valence electrons. The number of halogens is 1. The van der Waals surface area contributed by atoms with Crippen LogP contribution in [0, 0.1) is 11.7 Å². The minimum Gasteiger partial charge on any atom is -0.493 e. The van der Waals surface area contributed by atoms with Crippen molar-refractivity contribution < 1.29 is 13.9 Å². The van der Waals surface area contributed by atoms with Crippen LogP contribution in [0.3, 0.4) is 0 Å². The first kappa shape index (κ1) is 14.8. The number of nitrogens with zero attached hydrogens (tertiary/aromatic N) is 1. The average Bonchev–Trinajstić information content (AvgIpc) is 3.32. The zero-order valence-corrected chi connectivity index (χ0v) is 12.5. The van der Waals surface area contributed by atoms with Gasteiger partial charge >= 0.3 is 0 Å². The molecule has 3 rings (SSSR count). The molecule has 1 saturated carbocycles. The van der Waals surface area contributed by atoms with E-state index in [1.54, 1.807) is 12.1 Å². The fourth-order valence-corrected chi connectivity index (χ4v) is 2.69. The molecule has 2 aliphatic rings. The van der Waals surface area contributed by atoms with Crippen LogP contribution in [0.25, 0.3) is 0 Å². The first-order chi connectivity index (χ1) is 10.3. The Morgan fingerprint density at radius 1 is 1.24 bits per heavy atom. The fraction of sp³-hybridized carbons (Fsp3) is 0.647. The van der Waals surface area contributed by atoms with Crippen molar-refractivity contribution in [2.45, 2.75) is 25.7 Å². The number of hydrogen-bond acceptors (Lipinski definition) is 3. The van der Waals surface area contributed by atoms with Gasteiger partial charge in [-0.05, 0) is 61.9 Å². The van der Waals surface area contributed by atoms with Gasteiger partial charge in [-0.1, -0.05) is 0 Å². The van der Waals surface area contributed by atoms with Crippen LogP contribution in [0.4, 0.5) is 4.39 Å². The molecule has 0 atom stereocenters. The van der Waals surface area contributed by atoms with Gasteiger partial charge in [0.1, 0.15) is 11.6 Å². The topological polar surface area (TPSA) is 21.7 Å². The summed E-state index contributed by atoms with van der Waals surface area (Å²) >= 11 is 0. The molecule has 0 amide bonds. The normalized spacial score (nSPS) is 19.7. The van der Waals surface area contributed by atoms with E-state index in [0.29, 0.717) is 0 Å². The average molecular weight is 293 g/mol. The largest absolute Gasteiger partial charge is 0.493 e. The van der Waals surface area contributed by atoms with E-state index >= 15 is 0 Å². The van der Waals surface area contributed by atoms with E-state index in [1.165, 1.54) is 18.9 Å². The van der Waals surface area contributed by atoms with Gasteiger partial charge in [0.25, 0.3) is 0 Å². The zero-order valence-electron chi connectivity index (χ0n) is 12.5. The number of hydrogen-bond donors (Lipinski definition) is 0. The number of morpholine rings is 1. The standard InChI is InChI=1S/C17H24FNO2/c18-16-5-6-17(21-13-14-3-4-14)15(12-16)2-1-7-19-8-10-20-11-9-19/h5-6,12,14H,1-4,7-11,13H2. The van der Waals surface area contributed by atoms with Crippen molar-refractivity contribution >= 4 is 0 Å². The summed E-state index contributed by atoms with van der Waals surface area (Å²) in [6.07, 6.45) is 4.44. The summed E-state index contributed by atoms with van der Waals surface area (Å²) in [6, 6.07) is 4.90. The second-order valence-corrected chi connectivity index (χ2v) is 6.06. The number of rotatable bonds is 7. The molecule has 21 heavy (non-hydrogen) atoms. The summed E-state index contributed by atoms with van der Waals surface area (Å²) in [4.78, 5) is 2.41. The molecule has 2 fully saturated rings. The molecule has 0 spiro atoms. The van der Waals surface area contributed by atoms with Crippen molar-refractivity contribution in [2.24, 2.45) is 5.92 Å². The molecule has 0 N–H and O–H groups in total. The monoisotopic (exact) mass is 293 g/mol. The summed E-state index contributed by atoms with van der Waals surface area (Å²) < 4.78 is 24.7. The van der Waals surface area contributed by atoms with Crippen LogP contribution >= 0.6 is 0 Å². The third-order valence-electron chi connectivity index (χ3n) is 4.22. The highest BCUT2D eigenvalue weighted by Crippen LogP contribution is 2.30. The van der Waals surface area contributed by atoms with Crippen molar-refractivity contribution in [1.82, 2.24) is 4.90 Å². The van der Waals surface area contributed by atoms with Crippen LogP contribution in [-0.4, -0.2) is 44.4 Å². The lowest BCUT2D eigenvalue weighted by Crippen LogP contribution is -2.36. The Morgan fingerprint density at radius 2 is 2.05 bits per heavy atom. The Morgan fingerprint density at radius 3 is 2.81 bits per heavy atom. The summed E-state index contributed by atoms with van der Waals surface area (Å²) in [5, 5.41) is 0. The van der Waals surface area contributed by atoms with Gasteiger partial charge in [-0.15, -0.1) is 0 Å². The van der Waals surface area contributed by atoms with Crippen LogP contribution < -0.4 is 4.74 Å². The molecule has 1 aromatic rings. The molecule has 1 saturated heterocycles. The highest BCUT2D eigenvalue weighted by Gasteiger charge is 2.22. The van der Waals surface area contributed by atoms with Crippen molar-refractivity contribution in [1.29, 1.82) is 0 Å². The van der Waals surface area contributed by atoms with Gasteiger partial charge in [0.15, 0.2) is 0 Å². The molecular formula is C17H24FNO2. The van der Waals surface area contributed by atoms with E-state index in [1.807, 2.05) is 0 Å². The fourth-order valence-electron chi connectivity index (χ4n) is 2.69. The van der Waals surface area contributed by atoms with Gasteiger partial charge in [-0.25, -0.2) is 4.39 Å². The second kappa shape index (κ2) is 7.23. The summed E-state index contributed by atoms with van der Waals surface area (Å²) in [7, 11) is 0. The maximum Gasteiger partial charge on any atom is 0.123 e. The van der Waals surface area contributed by atoms with E-state index in [2.05, 4.69) is 4.90 Å². The third-order valence-corrected chi connectivity index (χ3v) is 4.22. The molecule has 0 unspecified atom stereocenters. The highest BCUT2D eigenvalue weighted by atomic mass is 19.1. The summed E-state index contributed by atoms with van der Waals surface area (Å²) in [6.45, 7) is 5.50. The lowest BCUT2D eigenvalue weighted by Gasteiger charge is -2.26. The molecule has 0 bridgehead atoms. The molecule has 1 aliphatic heterocycles. The van der Waals surface area contributed by atoms with Crippen LogP contribution in [0.15, 0.2) is 18.2 Å². The van der Waals surface area contributed by atoms with Crippen molar-refractivity contribution in [3.63, 3.8) is 0 Å². The van der Waals surface area contributed by atoms with Crippen LogP contribution in [0.5, 0.6) is 5.75 Å². The Hall–Kier alpha value is -1.13. The Kier molecular flexibility index (Phi) is 5.09. The number of aryl methyl sites for hydroxylation is 1. The zero-order chi connectivity index (χ0) is 14.5. The van der Waals surface area contributed by atoms with Crippen LogP contribution in [-0.2, 0) is 11.2 Å². The van der Waals surface area contributed by atoms with Crippen molar-refractivity contribution in [3.05, 3.63) is 29.6 Å². The SMILES string of the molecule is Fc1ccc(OCC2CC2)c(CCCN2CCOCC2)c1. The maximum atomic E-state index is 13.5. The molecule has 1 heterocycles. The lowest BCUT2D eigenvalue weighted by atomic mass is 10.1. The van der Waals surface area contributed by atoms with Gasteiger partial charge in [0.2, 0.25) is 0 Å². The first-order valence-corrected chi connectivity index (χ1v) is 8.02. The van der Waals surface area contributed by atoms with E-state index in [-0.39, 0.29) is 5.82 Å². The maximum absolute atomic E-state index is 13.5. The van der Waals surface area contributed by atoms with Gasteiger partial charge in [0.05, 0.1) is 19.8 Å². The number of benzene rings is 1. The van der Waals surface area contributed by atoms with E-state index in [9.17, 15) is 4.39 Å². The van der Waals surface area contributed by atoms with E-state index in [0.717, 1.165) is 69.5 Å². The van der Waals surface area contributed by atoms with E-state index < -0.39 is 0 Å². The third kappa shape index (κ3) is 4.68. The Labute approximate surface area is 126 Å². The molecule has 4 heteroatoms. The van der Waals surface area contributed by atoms with Crippen molar-refractivity contribution in [3.8, 4) is 5.75 Å². The summed E-state index contributed by atoms with van der Waals surface area (Å²) in [5.74, 6) is 1.41. The van der Waals surface area contributed by atoms with Gasteiger partial charge in [0, 0.05) is 13.1 Å². The Bertz CT molecular complexity index is 456. The minimum absolute atomic E-state index is 0.171. The molecule has 3 nitrogen and oxygen atoms in total. The molecule has 1 aliphatic carbocycles. The van der Waals surface area contributed by atoms with Gasteiger partial charge < -0.3 is 9.47 Å². The van der Waals surface area contributed by atoms with E-state index in [4.69, 9.17) is 9.47 Å². The molecule has 1 aromatic carbocycles. The van der Waals surface area contributed by atoms with Crippen LogP contribution in [0.1, 0.15) is 24.8 Å². The predicted octanol–water partition coefficient (Wildman–Crippen LogP) is 2.88. The predicted molar refractivity (Wildman–Crippen MR) is 80.2 cm³/mol. The molecule has 0 radical (unpaired) electrons. The van der Waals surface area contributed by atoms with Crippen molar-refractivity contribution in [2.75, 3.05) is 39.5 Å². The van der Waals surface area contributed by atoms with Crippen LogP contribution in [0.2, 0.25) is 0 Å². The smallest absolute Gasteiger partial charge is 0.123 e. The Balaban J connectivity index is 1.50. The van der Waals surface area contributed by atoms with Gasteiger partial charge in [-0.3, -0.25) is 4.90 Å². The highest BCUT2D eigenvalue weighted by molar-refractivity contribution is 5.34. The quantitative estimate of drug-likeness (QED) is 0.771.